The molecule has 0 saturated heterocycles. The molecule has 5 heteroatoms. The molecule has 0 aliphatic heterocycles. The van der Waals surface area contributed by atoms with Crippen LogP contribution < -0.4 is 5.32 Å². The third-order valence-electron chi connectivity index (χ3n) is 2.78. The predicted molar refractivity (Wildman–Crippen MR) is 80.8 cm³/mol. The number of halogens is 2. The largest absolute Gasteiger partial charge is 0.389 e. The topological polar surface area (TPSA) is 41.5 Å². The Hall–Kier alpha value is -0.840. The molecule has 0 heterocycles. The number of nitrogens with one attached hydrogen (secondary N) is 1. The number of hydrogen-bond donors (Lipinski definition) is 2. The standard InChI is InChI=1S/C15H23ClFNO2/c1-11(2)4-3-5-20-10-15(19)9-18-14-7-12(16)6-13(17)8-14/h6-8,11,15,18-19H,3-5,9-10H2,1-2H3. The molecule has 0 spiro atoms. The number of hydrogen-bond acceptors (Lipinski definition) is 3. The number of aliphatic hydroxyl groups is 1. The summed E-state index contributed by atoms with van der Waals surface area (Å²) in [5.41, 5.74) is 0.550. The average Bonchev–Trinajstić information content (AvgIpc) is 2.34. The quantitative estimate of drug-likeness (QED) is 0.683. The molecular formula is C15H23ClFNO2. The van der Waals surface area contributed by atoms with Gasteiger partial charge in [0, 0.05) is 23.9 Å². The minimum atomic E-state index is -0.629. The van der Waals surface area contributed by atoms with Gasteiger partial charge in [-0.1, -0.05) is 25.4 Å². The second-order valence-electron chi connectivity index (χ2n) is 5.30. The Morgan fingerprint density at radius 3 is 2.75 bits per heavy atom. The van der Waals surface area contributed by atoms with Crippen molar-refractivity contribution in [3.8, 4) is 0 Å². The summed E-state index contributed by atoms with van der Waals surface area (Å²) < 4.78 is 18.5. The fourth-order valence-electron chi connectivity index (χ4n) is 1.76. The third-order valence-corrected chi connectivity index (χ3v) is 3.00. The first-order chi connectivity index (χ1) is 9.47. The van der Waals surface area contributed by atoms with Gasteiger partial charge in [0.25, 0.3) is 0 Å². The first-order valence-corrected chi connectivity index (χ1v) is 7.31. The molecule has 0 saturated carbocycles. The summed E-state index contributed by atoms with van der Waals surface area (Å²) in [4.78, 5) is 0. The molecule has 1 unspecified atom stereocenters. The van der Waals surface area contributed by atoms with Gasteiger partial charge in [-0.3, -0.25) is 0 Å². The van der Waals surface area contributed by atoms with E-state index >= 15 is 0 Å². The third kappa shape index (κ3) is 7.68. The Morgan fingerprint density at radius 1 is 1.35 bits per heavy atom. The molecule has 0 aliphatic rings. The maximum atomic E-state index is 13.1. The summed E-state index contributed by atoms with van der Waals surface area (Å²) in [6.45, 7) is 5.56. The van der Waals surface area contributed by atoms with Crippen LogP contribution in [0.1, 0.15) is 26.7 Å². The van der Waals surface area contributed by atoms with Crippen molar-refractivity contribution in [1.29, 1.82) is 0 Å². The van der Waals surface area contributed by atoms with Crippen LogP contribution in [0.15, 0.2) is 18.2 Å². The minimum Gasteiger partial charge on any atom is -0.389 e. The molecule has 1 aromatic carbocycles. The lowest BCUT2D eigenvalue weighted by molar-refractivity contribution is 0.0409. The van der Waals surface area contributed by atoms with Crippen LogP contribution in [-0.2, 0) is 4.74 Å². The minimum absolute atomic E-state index is 0.272. The van der Waals surface area contributed by atoms with Crippen LogP contribution >= 0.6 is 11.6 Å². The van der Waals surface area contributed by atoms with Gasteiger partial charge in [0.1, 0.15) is 5.82 Å². The van der Waals surface area contributed by atoms with Crippen molar-refractivity contribution < 1.29 is 14.2 Å². The fourth-order valence-corrected chi connectivity index (χ4v) is 1.99. The molecule has 0 amide bonds. The average molecular weight is 304 g/mol. The number of anilines is 1. The van der Waals surface area contributed by atoms with Crippen LogP contribution in [0.2, 0.25) is 5.02 Å². The molecule has 1 atom stereocenters. The molecule has 114 valence electrons. The molecule has 0 fully saturated rings. The normalized spacial score (nSPS) is 12.7. The van der Waals surface area contributed by atoms with Crippen LogP contribution in [0.4, 0.5) is 10.1 Å². The highest BCUT2D eigenvalue weighted by atomic mass is 35.5. The Kier molecular flexibility index (Phi) is 7.88. The first kappa shape index (κ1) is 17.2. The van der Waals surface area contributed by atoms with E-state index in [-0.39, 0.29) is 6.61 Å². The lowest BCUT2D eigenvalue weighted by Crippen LogP contribution is -2.25. The van der Waals surface area contributed by atoms with Crippen molar-refractivity contribution in [1.82, 2.24) is 0 Å². The van der Waals surface area contributed by atoms with Crippen LogP contribution in [0.25, 0.3) is 0 Å². The highest BCUT2D eigenvalue weighted by molar-refractivity contribution is 6.30. The first-order valence-electron chi connectivity index (χ1n) is 6.93. The van der Waals surface area contributed by atoms with Crippen molar-refractivity contribution in [3.63, 3.8) is 0 Å². The summed E-state index contributed by atoms with van der Waals surface area (Å²) in [6.07, 6.45) is 1.49. The van der Waals surface area contributed by atoms with E-state index in [0.29, 0.717) is 29.8 Å². The van der Waals surface area contributed by atoms with Gasteiger partial charge in [-0.2, -0.15) is 0 Å². The molecule has 0 bridgehead atoms. The van der Waals surface area contributed by atoms with E-state index in [1.807, 2.05) is 0 Å². The number of ether oxygens (including phenoxy) is 1. The molecule has 0 aromatic heterocycles. The Labute approximate surface area is 125 Å². The maximum Gasteiger partial charge on any atom is 0.126 e. The van der Waals surface area contributed by atoms with Gasteiger partial charge >= 0.3 is 0 Å². The van der Waals surface area contributed by atoms with E-state index < -0.39 is 11.9 Å². The van der Waals surface area contributed by atoms with Crippen molar-refractivity contribution in [2.24, 2.45) is 5.92 Å². The predicted octanol–water partition coefficient (Wildman–Crippen LogP) is 3.70. The highest BCUT2D eigenvalue weighted by Crippen LogP contribution is 2.17. The zero-order chi connectivity index (χ0) is 15.0. The number of benzene rings is 1. The molecule has 2 N–H and O–H groups in total. The van der Waals surface area contributed by atoms with Gasteiger partial charge in [0.05, 0.1) is 12.7 Å². The Morgan fingerprint density at radius 2 is 2.10 bits per heavy atom. The summed E-state index contributed by atoms with van der Waals surface area (Å²) in [7, 11) is 0. The van der Waals surface area contributed by atoms with Crippen LogP contribution in [0, 0.1) is 11.7 Å². The molecule has 0 radical (unpaired) electrons. The van der Waals surface area contributed by atoms with Crippen LogP contribution in [0.5, 0.6) is 0 Å². The van der Waals surface area contributed by atoms with E-state index in [2.05, 4.69) is 19.2 Å². The van der Waals surface area contributed by atoms with E-state index in [9.17, 15) is 9.50 Å². The van der Waals surface area contributed by atoms with Gasteiger partial charge in [-0.25, -0.2) is 4.39 Å². The number of aliphatic hydroxyl groups excluding tert-OH is 1. The summed E-state index contributed by atoms with van der Waals surface area (Å²) in [5.74, 6) is 0.266. The van der Waals surface area contributed by atoms with Crippen LogP contribution in [0.3, 0.4) is 0 Å². The van der Waals surface area contributed by atoms with Crippen LogP contribution in [-0.4, -0.2) is 31.0 Å². The van der Waals surface area contributed by atoms with E-state index in [1.165, 1.54) is 12.1 Å². The van der Waals surface area contributed by atoms with E-state index in [1.54, 1.807) is 6.07 Å². The highest BCUT2D eigenvalue weighted by Gasteiger charge is 2.05. The lowest BCUT2D eigenvalue weighted by Gasteiger charge is -2.14. The number of rotatable bonds is 9. The monoisotopic (exact) mass is 303 g/mol. The lowest BCUT2D eigenvalue weighted by atomic mass is 10.1. The fraction of sp³-hybridized carbons (Fsp3) is 0.600. The zero-order valence-electron chi connectivity index (χ0n) is 12.0. The second-order valence-corrected chi connectivity index (χ2v) is 5.74. The van der Waals surface area contributed by atoms with Crippen molar-refractivity contribution in [2.45, 2.75) is 32.8 Å². The summed E-state index contributed by atoms with van der Waals surface area (Å²) in [5, 5.41) is 13.0. The zero-order valence-corrected chi connectivity index (χ0v) is 12.8. The second kappa shape index (κ2) is 9.16. The SMILES string of the molecule is CC(C)CCCOCC(O)CNc1cc(F)cc(Cl)c1. The van der Waals surface area contributed by atoms with Crippen molar-refractivity contribution >= 4 is 17.3 Å². The van der Waals surface area contributed by atoms with Gasteiger partial charge in [-0.05, 0) is 37.0 Å². The Bertz CT molecular complexity index is 381. The van der Waals surface area contributed by atoms with Gasteiger partial charge in [0.15, 0.2) is 0 Å². The molecule has 1 rings (SSSR count). The smallest absolute Gasteiger partial charge is 0.126 e. The molecule has 0 aliphatic carbocycles. The molecule has 20 heavy (non-hydrogen) atoms. The summed E-state index contributed by atoms with van der Waals surface area (Å²) >= 11 is 5.74. The summed E-state index contributed by atoms with van der Waals surface area (Å²) in [6, 6.07) is 4.18. The van der Waals surface area contributed by atoms with Gasteiger partial charge in [-0.15, -0.1) is 0 Å². The van der Waals surface area contributed by atoms with Gasteiger partial charge in [0.2, 0.25) is 0 Å². The molecule has 3 nitrogen and oxygen atoms in total. The van der Waals surface area contributed by atoms with E-state index in [4.69, 9.17) is 16.3 Å². The molecule has 1 aromatic rings. The van der Waals surface area contributed by atoms with Crippen molar-refractivity contribution in [2.75, 3.05) is 25.1 Å². The van der Waals surface area contributed by atoms with E-state index in [0.717, 1.165) is 12.8 Å². The molecular weight excluding hydrogens is 281 g/mol. The van der Waals surface area contributed by atoms with Gasteiger partial charge < -0.3 is 15.2 Å². The maximum absolute atomic E-state index is 13.1. The van der Waals surface area contributed by atoms with Crippen molar-refractivity contribution in [3.05, 3.63) is 29.0 Å². The Balaban J connectivity index is 2.17.